The van der Waals surface area contributed by atoms with Gasteiger partial charge in [-0.2, -0.15) is 0 Å². The predicted molar refractivity (Wildman–Crippen MR) is 93.4 cm³/mol. The maximum atomic E-state index is 12.9. The van der Waals surface area contributed by atoms with E-state index in [1.54, 1.807) is 18.5 Å². The molecular weight excluding hydrogens is 340 g/mol. The quantitative estimate of drug-likeness (QED) is 0.880. The fourth-order valence-corrected chi connectivity index (χ4v) is 4.04. The summed E-state index contributed by atoms with van der Waals surface area (Å²) in [7, 11) is 0. The molecule has 0 aromatic carbocycles. The maximum absolute atomic E-state index is 12.9. The van der Waals surface area contributed by atoms with E-state index >= 15 is 0 Å². The Labute approximate surface area is 149 Å². The second kappa shape index (κ2) is 7.69. The number of aromatic nitrogens is 3. The molecule has 1 atom stereocenters. The second-order valence-electron chi connectivity index (χ2n) is 6.20. The molecular formula is C17H20N4O3S. The van der Waals surface area contributed by atoms with Crippen molar-refractivity contribution in [3.8, 4) is 10.8 Å². The Hall–Kier alpha value is -2.35. The fourth-order valence-electron chi connectivity index (χ4n) is 3.06. The van der Waals surface area contributed by atoms with Crippen molar-refractivity contribution >= 4 is 23.2 Å². The van der Waals surface area contributed by atoms with Crippen LogP contribution in [-0.4, -0.2) is 49.9 Å². The van der Waals surface area contributed by atoms with Gasteiger partial charge >= 0.3 is 5.97 Å². The molecule has 1 saturated heterocycles. The Kier molecular flexibility index (Phi) is 5.37. The van der Waals surface area contributed by atoms with Gasteiger partial charge in [-0.05, 0) is 38.2 Å². The third kappa shape index (κ3) is 4.19. The van der Waals surface area contributed by atoms with Crippen LogP contribution in [0.4, 0.5) is 0 Å². The number of carboxylic acid groups (broad SMARTS) is 1. The third-order valence-corrected chi connectivity index (χ3v) is 5.46. The molecule has 1 N–H and O–H groups in total. The van der Waals surface area contributed by atoms with Crippen molar-refractivity contribution in [2.75, 3.05) is 13.1 Å². The van der Waals surface area contributed by atoms with Crippen LogP contribution in [0.2, 0.25) is 0 Å². The van der Waals surface area contributed by atoms with Crippen molar-refractivity contribution in [3.63, 3.8) is 0 Å². The number of carbonyl (C=O) groups excluding carboxylic acids is 1. The summed E-state index contributed by atoms with van der Waals surface area (Å²) in [5.74, 6) is -0.0435. The molecule has 7 nitrogen and oxygen atoms in total. The van der Waals surface area contributed by atoms with E-state index in [1.165, 1.54) is 11.3 Å². The number of carbonyl (C=O) groups is 2. The molecule has 0 radical (unpaired) electrons. The van der Waals surface area contributed by atoms with Crippen molar-refractivity contribution in [3.05, 3.63) is 29.0 Å². The fraction of sp³-hybridized carbons (Fsp3) is 0.471. The molecule has 2 aromatic heterocycles. The first-order chi connectivity index (χ1) is 12.0. The van der Waals surface area contributed by atoms with E-state index in [0.717, 1.165) is 12.8 Å². The van der Waals surface area contributed by atoms with Gasteiger partial charge in [-0.25, -0.2) is 15.0 Å². The second-order valence-corrected chi connectivity index (χ2v) is 7.20. The summed E-state index contributed by atoms with van der Waals surface area (Å²) in [6.07, 6.45) is 5.95. The summed E-state index contributed by atoms with van der Waals surface area (Å²) >= 11 is 1.31. The summed E-state index contributed by atoms with van der Waals surface area (Å²) < 4.78 is 0. The van der Waals surface area contributed by atoms with Crippen molar-refractivity contribution in [1.29, 1.82) is 0 Å². The number of aryl methyl sites for hydroxylation is 1. The van der Waals surface area contributed by atoms with E-state index in [-0.39, 0.29) is 18.2 Å². The first kappa shape index (κ1) is 17.5. The number of aliphatic carboxylic acids is 1. The van der Waals surface area contributed by atoms with Crippen LogP contribution in [0, 0.1) is 12.8 Å². The van der Waals surface area contributed by atoms with E-state index in [0.29, 0.717) is 40.9 Å². The number of amides is 1. The lowest BCUT2D eigenvalue weighted by molar-refractivity contribution is -0.137. The first-order valence-electron chi connectivity index (χ1n) is 8.30. The number of likely N-dealkylation sites (tertiary alicyclic amines) is 1. The highest BCUT2D eigenvalue weighted by molar-refractivity contribution is 7.17. The molecule has 0 spiro atoms. The molecule has 0 aliphatic carbocycles. The van der Waals surface area contributed by atoms with Crippen LogP contribution in [-0.2, 0) is 4.79 Å². The molecule has 0 bridgehead atoms. The van der Waals surface area contributed by atoms with E-state index in [9.17, 15) is 9.59 Å². The van der Waals surface area contributed by atoms with Crippen LogP contribution in [0.1, 0.15) is 41.0 Å². The van der Waals surface area contributed by atoms with Crippen molar-refractivity contribution in [1.82, 2.24) is 19.9 Å². The van der Waals surface area contributed by atoms with Gasteiger partial charge in [-0.3, -0.25) is 9.59 Å². The van der Waals surface area contributed by atoms with Gasteiger partial charge in [-0.1, -0.05) is 0 Å². The summed E-state index contributed by atoms with van der Waals surface area (Å²) in [5, 5.41) is 9.49. The lowest BCUT2D eigenvalue weighted by Crippen LogP contribution is -2.40. The average molecular weight is 360 g/mol. The minimum absolute atomic E-state index is 0.0304. The Morgan fingerprint density at radius 3 is 2.84 bits per heavy atom. The van der Waals surface area contributed by atoms with E-state index in [1.807, 2.05) is 11.8 Å². The first-order valence-corrected chi connectivity index (χ1v) is 9.12. The van der Waals surface area contributed by atoms with Crippen LogP contribution in [0.5, 0.6) is 0 Å². The number of hydrogen-bond acceptors (Lipinski definition) is 6. The molecule has 1 aliphatic heterocycles. The number of carboxylic acids is 1. The van der Waals surface area contributed by atoms with Crippen LogP contribution >= 0.6 is 11.3 Å². The van der Waals surface area contributed by atoms with E-state index < -0.39 is 5.97 Å². The van der Waals surface area contributed by atoms with Gasteiger partial charge in [0.1, 0.15) is 4.88 Å². The van der Waals surface area contributed by atoms with E-state index in [4.69, 9.17) is 5.11 Å². The molecule has 3 heterocycles. The maximum Gasteiger partial charge on any atom is 0.303 e. The zero-order chi connectivity index (χ0) is 17.8. The molecule has 132 valence electrons. The number of hydrogen-bond donors (Lipinski definition) is 1. The normalized spacial score (nSPS) is 17.5. The van der Waals surface area contributed by atoms with Crippen LogP contribution in [0.15, 0.2) is 18.5 Å². The Balaban J connectivity index is 1.72. The van der Waals surface area contributed by atoms with Gasteiger partial charge < -0.3 is 10.0 Å². The number of thiazole rings is 1. The van der Waals surface area contributed by atoms with Gasteiger partial charge in [0, 0.05) is 31.9 Å². The summed E-state index contributed by atoms with van der Waals surface area (Å²) in [4.78, 5) is 38.9. The summed E-state index contributed by atoms with van der Waals surface area (Å²) in [6.45, 7) is 3.14. The molecule has 1 unspecified atom stereocenters. The van der Waals surface area contributed by atoms with Crippen LogP contribution in [0.25, 0.3) is 10.8 Å². The van der Waals surface area contributed by atoms with Gasteiger partial charge in [0.25, 0.3) is 5.91 Å². The van der Waals surface area contributed by atoms with Gasteiger partial charge in [0.05, 0.1) is 5.69 Å². The monoisotopic (exact) mass is 360 g/mol. The minimum Gasteiger partial charge on any atom is -0.481 e. The Morgan fingerprint density at radius 2 is 2.12 bits per heavy atom. The van der Waals surface area contributed by atoms with Crippen molar-refractivity contribution in [2.24, 2.45) is 5.92 Å². The zero-order valence-electron chi connectivity index (χ0n) is 14.0. The average Bonchev–Trinajstić information content (AvgIpc) is 3.02. The summed E-state index contributed by atoms with van der Waals surface area (Å²) in [6, 6.07) is 1.74. The Bertz CT molecular complexity index is 763. The third-order valence-electron chi connectivity index (χ3n) is 4.32. The highest BCUT2D eigenvalue weighted by atomic mass is 32.1. The van der Waals surface area contributed by atoms with Crippen molar-refractivity contribution in [2.45, 2.75) is 32.6 Å². The largest absolute Gasteiger partial charge is 0.481 e. The minimum atomic E-state index is -0.783. The van der Waals surface area contributed by atoms with Gasteiger partial charge in [-0.15, -0.1) is 11.3 Å². The lowest BCUT2D eigenvalue weighted by Gasteiger charge is -2.32. The molecule has 1 fully saturated rings. The molecule has 1 amide bonds. The predicted octanol–water partition coefficient (Wildman–Crippen LogP) is 2.63. The molecule has 1 aliphatic rings. The molecule has 25 heavy (non-hydrogen) atoms. The topological polar surface area (TPSA) is 96.3 Å². The van der Waals surface area contributed by atoms with Crippen molar-refractivity contribution < 1.29 is 14.7 Å². The van der Waals surface area contributed by atoms with Crippen LogP contribution in [0.3, 0.4) is 0 Å². The smallest absolute Gasteiger partial charge is 0.303 e. The SMILES string of the molecule is Cc1nc(-c2ncccn2)sc1C(=O)N1CCCC(CCC(=O)O)C1. The standard InChI is InChI=1S/C17H20N4O3S/c1-11-14(25-16(20-11)15-18-7-3-8-19-15)17(24)21-9-2-4-12(10-21)5-6-13(22)23/h3,7-8,12H,2,4-6,9-10H2,1H3,(H,22,23). The molecule has 3 rings (SSSR count). The molecule has 2 aromatic rings. The zero-order valence-corrected chi connectivity index (χ0v) is 14.8. The summed E-state index contributed by atoms with van der Waals surface area (Å²) in [5.41, 5.74) is 0.685. The van der Waals surface area contributed by atoms with Gasteiger partial charge in [0.2, 0.25) is 0 Å². The Morgan fingerprint density at radius 1 is 1.36 bits per heavy atom. The number of nitrogens with zero attached hydrogens (tertiary/aromatic N) is 4. The molecule has 8 heteroatoms. The lowest BCUT2D eigenvalue weighted by atomic mass is 9.93. The highest BCUT2D eigenvalue weighted by Gasteiger charge is 2.27. The van der Waals surface area contributed by atoms with E-state index in [2.05, 4.69) is 15.0 Å². The van der Waals surface area contributed by atoms with Crippen LogP contribution < -0.4 is 0 Å². The molecule has 0 saturated carbocycles. The highest BCUT2D eigenvalue weighted by Crippen LogP contribution is 2.28. The van der Waals surface area contributed by atoms with Gasteiger partial charge in [0.15, 0.2) is 10.8 Å². The number of rotatable bonds is 5. The number of piperidine rings is 1.